The molecule has 0 saturated carbocycles. The van der Waals surface area contributed by atoms with Crippen molar-refractivity contribution in [2.24, 2.45) is 0 Å². The lowest BCUT2D eigenvalue weighted by molar-refractivity contribution is -0.121. The lowest BCUT2D eigenvalue weighted by Gasteiger charge is -2.28. The first kappa shape index (κ1) is 20.4. The predicted molar refractivity (Wildman–Crippen MR) is 114 cm³/mol. The molecule has 2 aromatic rings. The van der Waals surface area contributed by atoms with Crippen LogP contribution < -0.4 is 14.8 Å². The van der Waals surface area contributed by atoms with Crippen molar-refractivity contribution in [3.8, 4) is 11.5 Å². The van der Waals surface area contributed by atoms with Gasteiger partial charge in [-0.1, -0.05) is 30.3 Å². The molecule has 0 bridgehead atoms. The fourth-order valence-corrected chi connectivity index (χ4v) is 4.07. The van der Waals surface area contributed by atoms with E-state index in [1.165, 1.54) is 18.4 Å². The Morgan fingerprint density at radius 2 is 1.67 bits per heavy atom. The third-order valence-electron chi connectivity index (χ3n) is 5.70. The fraction of sp³-hybridized carbons (Fsp3) is 0.417. The van der Waals surface area contributed by atoms with Crippen LogP contribution in [0.4, 0.5) is 0 Å². The van der Waals surface area contributed by atoms with Gasteiger partial charge in [0.2, 0.25) is 5.91 Å². The van der Waals surface area contributed by atoms with Gasteiger partial charge < -0.3 is 14.8 Å². The van der Waals surface area contributed by atoms with Crippen LogP contribution in [0.5, 0.6) is 11.5 Å². The first-order valence-electron chi connectivity index (χ1n) is 10.7. The molecule has 0 aromatic heterocycles. The van der Waals surface area contributed by atoms with Crippen molar-refractivity contribution in [3.63, 3.8) is 0 Å². The van der Waals surface area contributed by atoms with Crippen LogP contribution in [-0.4, -0.2) is 49.4 Å². The average Bonchev–Trinajstić information content (AvgIpc) is 3.32. The topological polar surface area (TPSA) is 67.9 Å². The number of carbonyl (C=O) groups excluding carboxylic acids is 2. The fourth-order valence-electron chi connectivity index (χ4n) is 4.07. The van der Waals surface area contributed by atoms with Gasteiger partial charge in [0.05, 0.1) is 6.04 Å². The van der Waals surface area contributed by atoms with Crippen LogP contribution >= 0.6 is 0 Å². The molecule has 0 spiro atoms. The SMILES string of the molecule is O=C(CCC(=O)c1ccc2c(c1)OCCO2)NCC(c1ccccc1)N1CCCC1. The van der Waals surface area contributed by atoms with Crippen molar-refractivity contribution in [3.05, 3.63) is 59.7 Å². The monoisotopic (exact) mass is 408 g/mol. The summed E-state index contributed by atoms with van der Waals surface area (Å²) in [5.74, 6) is 1.08. The van der Waals surface area contributed by atoms with Crippen LogP contribution in [0.25, 0.3) is 0 Å². The Kier molecular flexibility index (Phi) is 6.64. The van der Waals surface area contributed by atoms with Crippen molar-refractivity contribution in [1.29, 1.82) is 0 Å². The Morgan fingerprint density at radius 1 is 0.933 bits per heavy atom. The van der Waals surface area contributed by atoms with Gasteiger partial charge >= 0.3 is 0 Å². The summed E-state index contributed by atoms with van der Waals surface area (Å²) in [4.78, 5) is 27.4. The molecule has 2 aliphatic heterocycles. The van der Waals surface area contributed by atoms with Crippen LogP contribution in [0.15, 0.2) is 48.5 Å². The van der Waals surface area contributed by atoms with Gasteiger partial charge in [-0.05, 0) is 49.7 Å². The van der Waals surface area contributed by atoms with E-state index in [2.05, 4.69) is 22.3 Å². The van der Waals surface area contributed by atoms with Gasteiger partial charge in [0, 0.05) is 24.9 Å². The Hall–Kier alpha value is -2.86. The summed E-state index contributed by atoms with van der Waals surface area (Å²) in [6.07, 6.45) is 2.74. The normalized spacial score (nSPS) is 16.8. The molecule has 1 unspecified atom stereocenters. The summed E-state index contributed by atoms with van der Waals surface area (Å²) in [6.45, 7) is 3.66. The molecule has 1 fully saturated rings. The zero-order chi connectivity index (χ0) is 20.8. The van der Waals surface area contributed by atoms with Crippen LogP contribution in [0, 0.1) is 0 Å². The third-order valence-corrected chi connectivity index (χ3v) is 5.70. The number of carbonyl (C=O) groups is 2. The number of amides is 1. The van der Waals surface area contributed by atoms with Gasteiger partial charge in [-0.3, -0.25) is 14.5 Å². The minimum absolute atomic E-state index is 0.0683. The van der Waals surface area contributed by atoms with Gasteiger partial charge in [0.25, 0.3) is 0 Å². The summed E-state index contributed by atoms with van der Waals surface area (Å²) in [5, 5.41) is 3.04. The first-order valence-corrected chi connectivity index (χ1v) is 10.7. The van der Waals surface area contributed by atoms with Crippen LogP contribution in [-0.2, 0) is 4.79 Å². The largest absolute Gasteiger partial charge is 0.486 e. The van der Waals surface area contributed by atoms with Gasteiger partial charge in [-0.2, -0.15) is 0 Å². The maximum atomic E-state index is 12.5. The average molecular weight is 408 g/mol. The molecule has 6 nitrogen and oxygen atoms in total. The Morgan fingerprint density at radius 3 is 2.43 bits per heavy atom. The van der Waals surface area contributed by atoms with E-state index in [0.29, 0.717) is 36.8 Å². The number of likely N-dealkylation sites (tertiary alicyclic amines) is 1. The van der Waals surface area contributed by atoms with E-state index in [1.807, 2.05) is 18.2 Å². The zero-order valence-electron chi connectivity index (χ0n) is 17.1. The molecule has 30 heavy (non-hydrogen) atoms. The molecule has 1 atom stereocenters. The van der Waals surface area contributed by atoms with Crippen LogP contribution in [0.2, 0.25) is 0 Å². The standard InChI is InChI=1S/C24H28N2O4/c27-21(19-8-10-22-23(16-19)30-15-14-29-22)9-11-24(28)25-17-20(26-12-4-5-13-26)18-6-2-1-3-7-18/h1-3,6-8,10,16,20H,4-5,9,11-15,17H2,(H,25,28). The van der Waals surface area contributed by atoms with Crippen LogP contribution in [0.1, 0.15) is 47.6 Å². The highest BCUT2D eigenvalue weighted by atomic mass is 16.6. The van der Waals surface area contributed by atoms with Gasteiger partial charge in [0.15, 0.2) is 17.3 Å². The molecule has 1 amide bonds. The highest BCUT2D eigenvalue weighted by Crippen LogP contribution is 2.31. The number of ketones is 1. The van der Waals surface area contributed by atoms with Gasteiger partial charge in [-0.25, -0.2) is 0 Å². The van der Waals surface area contributed by atoms with E-state index in [4.69, 9.17) is 9.47 Å². The zero-order valence-corrected chi connectivity index (χ0v) is 17.1. The lowest BCUT2D eigenvalue weighted by Crippen LogP contribution is -2.36. The summed E-state index contributed by atoms with van der Waals surface area (Å²) < 4.78 is 11.0. The summed E-state index contributed by atoms with van der Waals surface area (Å²) in [6, 6.07) is 15.7. The van der Waals surface area contributed by atoms with E-state index < -0.39 is 0 Å². The molecular weight excluding hydrogens is 380 g/mol. The van der Waals surface area contributed by atoms with Gasteiger partial charge in [0.1, 0.15) is 13.2 Å². The quantitative estimate of drug-likeness (QED) is 0.679. The second-order valence-electron chi connectivity index (χ2n) is 7.76. The van der Waals surface area contributed by atoms with E-state index in [9.17, 15) is 9.59 Å². The molecule has 6 heteroatoms. The molecule has 2 heterocycles. The number of hydrogen-bond donors (Lipinski definition) is 1. The summed E-state index contributed by atoms with van der Waals surface area (Å²) >= 11 is 0. The number of ether oxygens (including phenoxy) is 2. The number of hydrogen-bond acceptors (Lipinski definition) is 5. The Bertz CT molecular complexity index is 878. The number of rotatable bonds is 8. The second-order valence-corrected chi connectivity index (χ2v) is 7.76. The summed E-state index contributed by atoms with van der Waals surface area (Å²) in [7, 11) is 0. The predicted octanol–water partition coefficient (Wildman–Crippen LogP) is 3.37. The number of Topliss-reactive ketones (excluding diaryl/α,β-unsaturated/α-hetero) is 1. The minimum atomic E-state index is -0.0963. The maximum Gasteiger partial charge on any atom is 0.220 e. The lowest BCUT2D eigenvalue weighted by atomic mass is 10.0. The van der Waals surface area contributed by atoms with E-state index in [1.54, 1.807) is 18.2 Å². The van der Waals surface area contributed by atoms with Crippen molar-refractivity contribution >= 4 is 11.7 Å². The van der Waals surface area contributed by atoms with Crippen molar-refractivity contribution in [2.75, 3.05) is 32.8 Å². The molecule has 158 valence electrons. The molecule has 0 radical (unpaired) electrons. The maximum absolute atomic E-state index is 12.5. The van der Waals surface area contributed by atoms with E-state index in [0.717, 1.165) is 13.1 Å². The number of nitrogens with zero attached hydrogens (tertiary/aromatic N) is 1. The molecule has 0 aliphatic carbocycles. The minimum Gasteiger partial charge on any atom is -0.486 e. The van der Waals surface area contributed by atoms with Crippen molar-refractivity contribution in [2.45, 2.75) is 31.7 Å². The summed E-state index contributed by atoms with van der Waals surface area (Å²) in [5.41, 5.74) is 1.76. The van der Waals surface area contributed by atoms with Crippen molar-refractivity contribution < 1.29 is 19.1 Å². The number of fused-ring (bicyclic) bond motifs is 1. The molecular formula is C24H28N2O4. The highest BCUT2D eigenvalue weighted by molar-refractivity contribution is 5.98. The molecule has 1 saturated heterocycles. The Labute approximate surface area is 177 Å². The third kappa shape index (κ3) is 5.00. The second kappa shape index (κ2) is 9.76. The highest BCUT2D eigenvalue weighted by Gasteiger charge is 2.24. The number of benzene rings is 2. The first-order chi connectivity index (χ1) is 14.7. The Balaban J connectivity index is 1.30. The smallest absolute Gasteiger partial charge is 0.220 e. The number of nitrogens with one attached hydrogen (secondary N) is 1. The van der Waals surface area contributed by atoms with E-state index >= 15 is 0 Å². The molecule has 4 rings (SSSR count). The van der Waals surface area contributed by atoms with E-state index in [-0.39, 0.29) is 30.6 Å². The van der Waals surface area contributed by atoms with Gasteiger partial charge in [-0.15, -0.1) is 0 Å². The molecule has 2 aliphatic rings. The molecule has 2 aromatic carbocycles. The van der Waals surface area contributed by atoms with Crippen LogP contribution in [0.3, 0.4) is 0 Å². The molecule has 1 N–H and O–H groups in total. The van der Waals surface area contributed by atoms with Crippen molar-refractivity contribution in [1.82, 2.24) is 10.2 Å².